The Hall–Kier alpha value is -6.05. The van der Waals surface area contributed by atoms with E-state index in [2.05, 4.69) is 9.98 Å². The lowest BCUT2D eigenvalue weighted by atomic mass is 9.91. The number of ether oxygens (including phenoxy) is 3. The number of halogens is 3. The molecule has 0 spiro atoms. The zero-order valence-electron chi connectivity index (χ0n) is 26.0. The Bertz CT molecular complexity index is 2250. The average Bonchev–Trinajstić information content (AvgIpc) is 3.64. The highest BCUT2D eigenvalue weighted by Gasteiger charge is 2.52. The lowest BCUT2D eigenvalue weighted by Gasteiger charge is -2.29. The van der Waals surface area contributed by atoms with Gasteiger partial charge in [0, 0.05) is 40.0 Å². The number of phenolic OH excluding ortho intramolecular Hbond substituents is 1. The number of aromatic nitrogens is 1. The number of carboxylic acid groups (broad SMARTS) is 1. The number of amidine groups is 1. The van der Waals surface area contributed by atoms with Crippen LogP contribution in [0.2, 0.25) is 5.02 Å². The molecule has 2 atom stereocenters. The van der Waals surface area contributed by atoms with E-state index in [9.17, 15) is 15.0 Å². The fraction of sp³-hybridized carbons (Fsp3) is 0.111. The van der Waals surface area contributed by atoms with Gasteiger partial charge in [-0.2, -0.15) is 4.39 Å². The topological polar surface area (TPSA) is 164 Å². The molecular weight excluding hydrogens is 672 g/mol. The van der Waals surface area contributed by atoms with Gasteiger partial charge in [0.15, 0.2) is 17.3 Å². The number of nitrogen functional groups attached to an aromatic ring is 1. The number of aliphatic imine (C=N–C) groups is 1. The van der Waals surface area contributed by atoms with Gasteiger partial charge >= 0.3 is 5.97 Å². The average molecular weight is 698 g/mol. The van der Waals surface area contributed by atoms with Crippen molar-refractivity contribution >= 4 is 29.6 Å². The van der Waals surface area contributed by atoms with Crippen LogP contribution in [0.25, 0.3) is 11.1 Å². The van der Waals surface area contributed by atoms with E-state index in [0.717, 1.165) is 0 Å². The molecular formula is C36H26ClF2N5O6. The van der Waals surface area contributed by atoms with Gasteiger partial charge in [0.2, 0.25) is 11.6 Å². The van der Waals surface area contributed by atoms with E-state index in [1.165, 1.54) is 36.4 Å². The summed E-state index contributed by atoms with van der Waals surface area (Å²) in [5, 5.41) is 29.0. The summed E-state index contributed by atoms with van der Waals surface area (Å²) >= 11 is 6.35. The number of carboxylic acids is 1. The van der Waals surface area contributed by atoms with Gasteiger partial charge in [0.25, 0.3) is 11.5 Å². The summed E-state index contributed by atoms with van der Waals surface area (Å²) < 4.78 is 48.8. The molecule has 4 aromatic carbocycles. The third-order valence-electron chi connectivity index (χ3n) is 8.41. The fourth-order valence-corrected chi connectivity index (χ4v) is 6.21. The molecule has 0 radical (unpaired) electrons. The number of rotatable bonds is 9. The predicted octanol–water partition coefficient (Wildman–Crippen LogP) is 6.99. The minimum Gasteiger partial charge on any atom is -0.504 e. The van der Waals surface area contributed by atoms with Crippen molar-refractivity contribution in [1.82, 2.24) is 9.88 Å². The molecule has 2 unspecified atom stereocenters. The monoisotopic (exact) mass is 697 g/mol. The maximum atomic E-state index is 15.8. The van der Waals surface area contributed by atoms with Crippen LogP contribution in [0.1, 0.15) is 28.4 Å². The number of nitrogens with one attached hydrogen (secondary N) is 1. The normalized spacial score (nSPS) is 17.6. The minimum absolute atomic E-state index is 0.0238. The van der Waals surface area contributed by atoms with Crippen molar-refractivity contribution in [3.05, 3.63) is 124 Å². The minimum atomic E-state index is -1.98. The van der Waals surface area contributed by atoms with Crippen molar-refractivity contribution in [1.29, 1.82) is 5.41 Å². The number of phenols is 1. The molecule has 7 rings (SSSR count). The van der Waals surface area contributed by atoms with Gasteiger partial charge in [0.1, 0.15) is 23.5 Å². The van der Waals surface area contributed by atoms with Crippen molar-refractivity contribution < 1.29 is 38.0 Å². The van der Waals surface area contributed by atoms with Crippen molar-refractivity contribution in [3.8, 4) is 45.8 Å². The quantitative estimate of drug-likeness (QED) is 0.0939. The number of hydrogen-bond donors (Lipinski definition) is 4. The Morgan fingerprint density at radius 3 is 2.54 bits per heavy atom. The molecule has 0 fully saturated rings. The van der Waals surface area contributed by atoms with Crippen LogP contribution >= 0.6 is 11.6 Å². The molecule has 2 aliphatic rings. The number of fused-ring (bicyclic) bond motifs is 3. The Labute approximate surface area is 288 Å². The van der Waals surface area contributed by atoms with Crippen molar-refractivity contribution in [2.24, 2.45) is 10.7 Å². The summed E-state index contributed by atoms with van der Waals surface area (Å²) in [6, 6.07) is 20.1. The van der Waals surface area contributed by atoms with Crippen LogP contribution in [0.15, 0.2) is 90.1 Å². The molecule has 252 valence electrons. The van der Waals surface area contributed by atoms with Gasteiger partial charge in [-0.1, -0.05) is 41.9 Å². The first-order chi connectivity index (χ1) is 24.0. The molecule has 11 nitrogen and oxygen atoms in total. The SMILES string of the molecule is CN1CC=NC1c1cc(OC2(C(=O)O)c3ccccc3-c3ccc(Cl)cc32)ccc1Oc1c(F)cnc(Oc2cc(C(=N)N)ccc2O)c1F. The van der Waals surface area contributed by atoms with Crippen LogP contribution in [0.4, 0.5) is 8.78 Å². The summed E-state index contributed by atoms with van der Waals surface area (Å²) in [7, 11) is 1.78. The third-order valence-corrected chi connectivity index (χ3v) is 8.65. The summed E-state index contributed by atoms with van der Waals surface area (Å²) in [5.41, 5.74) is 6.08. The molecule has 1 aromatic heterocycles. The van der Waals surface area contributed by atoms with E-state index in [0.29, 0.717) is 45.6 Å². The van der Waals surface area contributed by atoms with Gasteiger partial charge in [-0.3, -0.25) is 15.3 Å². The predicted molar refractivity (Wildman–Crippen MR) is 180 cm³/mol. The molecule has 2 heterocycles. The highest BCUT2D eigenvalue weighted by molar-refractivity contribution is 6.30. The largest absolute Gasteiger partial charge is 0.504 e. The lowest BCUT2D eigenvalue weighted by molar-refractivity contribution is -0.152. The second-order valence-corrected chi connectivity index (χ2v) is 12.0. The molecule has 14 heteroatoms. The van der Waals surface area contributed by atoms with Crippen molar-refractivity contribution in [3.63, 3.8) is 0 Å². The number of nitrogens with zero attached hydrogens (tertiary/aromatic N) is 3. The van der Waals surface area contributed by atoms with Crippen LogP contribution in [0.5, 0.6) is 34.6 Å². The number of hydrogen-bond acceptors (Lipinski definition) is 9. The smallest absolute Gasteiger partial charge is 0.357 e. The highest BCUT2D eigenvalue weighted by atomic mass is 35.5. The fourth-order valence-electron chi connectivity index (χ4n) is 6.04. The second kappa shape index (κ2) is 12.4. The van der Waals surface area contributed by atoms with E-state index in [1.807, 2.05) is 4.90 Å². The number of pyridine rings is 1. The summed E-state index contributed by atoms with van der Waals surface area (Å²) in [4.78, 5) is 23.2. The van der Waals surface area contributed by atoms with Crippen LogP contribution in [0.3, 0.4) is 0 Å². The first kappa shape index (κ1) is 32.5. The van der Waals surface area contributed by atoms with E-state index in [4.69, 9.17) is 37.0 Å². The number of aromatic hydroxyl groups is 1. The molecule has 0 saturated carbocycles. The van der Waals surface area contributed by atoms with Gasteiger partial charge in [-0.05, 0) is 66.7 Å². The van der Waals surface area contributed by atoms with Crippen molar-refractivity contribution in [2.45, 2.75) is 11.8 Å². The van der Waals surface area contributed by atoms with Crippen LogP contribution in [0, 0.1) is 17.0 Å². The highest BCUT2D eigenvalue weighted by Crippen LogP contribution is 2.51. The lowest BCUT2D eigenvalue weighted by Crippen LogP contribution is -2.41. The molecule has 5 N–H and O–H groups in total. The first-order valence-electron chi connectivity index (χ1n) is 15.0. The summed E-state index contributed by atoms with van der Waals surface area (Å²) in [5.74, 6) is -6.30. The first-order valence-corrected chi connectivity index (χ1v) is 15.4. The maximum Gasteiger partial charge on any atom is 0.357 e. The Kier molecular flexibility index (Phi) is 8.08. The number of benzene rings is 4. The second-order valence-electron chi connectivity index (χ2n) is 11.5. The molecule has 0 bridgehead atoms. The third kappa shape index (κ3) is 5.42. The van der Waals surface area contributed by atoms with Crippen LogP contribution in [-0.2, 0) is 10.4 Å². The summed E-state index contributed by atoms with van der Waals surface area (Å²) in [6.07, 6.45) is 1.66. The van der Waals surface area contributed by atoms with E-state index in [-0.39, 0.29) is 28.6 Å². The van der Waals surface area contributed by atoms with Gasteiger partial charge in [-0.25, -0.2) is 14.2 Å². The van der Waals surface area contributed by atoms with Crippen LogP contribution < -0.4 is 19.9 Å². The Balaban J connectivity index is 1.29. The number of aliphatic carboxylic acids is 1. The molecule has 50 heavy (non-hydrogen) atoms. The molecule has 1 aliphatic heterocycles. The van der Waals surface area contributed by atoms with Gasteiger partial charge < -0.3 is 30.2 Å². The number of carbonyl (C=O) groups is 1. The van der Waals surface area contributed by atoms with E-state index in [1.54, 1.807) is 55.7 Å². The number of nitrogens with two attached hydrogens (primary N) is 1. The Morgan fingerprint density at radius 1 is 1.02 bits per heavy atom. The maximum absolute atomic E-state index is 15.8. The molecule has 1 aliphatic carbocycles. The molecule has 0 amide bonds. The zero-order chi connectivity index (χ0) is 35.3. The summed E-state index contributed by atoms with van der Waals surface area (Å²) in [6.45, 7) is 0.451. The van der Waals surface area contributed by atoms with E-state index >= 15 is 8.78 Å². The van der Waals surface area contributed by atoms with Gasteiger partial charge in [-0.15, -0.1) is 0 Å². The van der Waals surface area contributed by atoms with E-state index < -0.39 is 46.7 Å². The van der Waals surface area contributed by atoms with Crippen LogP contribution in [-0.4, -0.2) is 51.7 Å². The Morgan fingerprint density at radius 2 is 1.80 bits per heavy atom. The molecule has 5 aromatic rings. The zero-order valence-corrected chi connectivity index (χ0v) is 26.8. The van der Waals surface area contributed by atoms with Crippen molar-refractivity contribution in [2.75, 3.05) is 13.6 Å². The standard InChI is InChI=1S/C36H26ClF2N5O6/c1-44-13-12-42-33(44)23-16-20(50-36(35(46)47)24-5-3-2-4-21(24)22-9-7-19(37)15-25(22)36)8-11-28(23)48-31-26(38)17-43-34(30(31)39)49-29-14-18(32(40)41)6-10-27(29)45/h2-12,14-17,33,45H,13H2,1H3,(H3,40,41)(H,46,47). The molecule has 0 saturated heterocycles. The van der Waals surface area contributed by atoms with Gasteiger partial charge in [0.05, 0.1) is 6.20 Å².